The number of rotatable bonds is 2. The van der Waals surface area contributed by atoms with Gasteiger partial charge in [-0.15, -0.1) is 0 Å². The van der Waals surface area contributed by atoms with Crippen LogP contribution in [0.25, 0.3) is 0 Å². The summed E-state index contributed by atoms with van der Waals surface area (Å²) in [5.41, 5.74) is 0.491. The molecule has 0 spiro atoms. The van der Waals surface area contributed by atoms with Crippen LogP contribution in [0, 0.1) is 17.3 Å². The van der Waals surface area contributed by atoms with E-state index in [2.05, 4.69) is 25.7 Å². The van der Waals surface area contributed by atoms with E-state index in [1.54, 1.807) is 0 Å². The molecule has 0 aromatic carbocycles. The Bertz CT molecular complexity index is 239. The maximum atomic E-state index is 10.1. The second-order valence-electron chi connectivity index (χ2n) is 6.89. The number of likely N-dealkylation sites (tertiary alicyclic amines) is 1. The molecule has 2 heteroatoms. The van der Waals surface area contributed by atoms with Gasteiger partial charge in [0, 0.05) is 13.1 Å². The molecule has 1 saturated carbocycles. The molecule has 1 aliphatic carbocycles. The van der Waals surface area contributed by atoms with Crippen molar-refractivity contribution in [3.05, 3.63) is 0 Å². The van der Waals surface area contributed by atoms with E-state index in [9.17, 15) is 5.11 Å². The van der Waals surface area contributed by atoms with E-state index in [4.69, 9.17) is 0 Å². The molecule has 2 aliphatic rings. The Hall–Kier alpha value is -0.0800. The molecule has 0 bridgehead atoms. The van der Waals surface area contributed by atoms with Gasteiger partial charge in [-0.1, -0.05) is 20.8 Å². The Morgan fingerprint density at radius 2 is 2.06 bits per heavy atom. The van der Waals surface area contributed by atoms with Crippen LogP contribution in [-0.4, -0.2) is 35.7 Å². The molecule has 2 fully saturated rings. The summed E-state index contributed by atoms with van der Waals surface area (Å²) in [6, 6.07) is 0. The number of hydrogen-bond acceptors (Lipinski definition) is 2. The average Bonchev–Trinajstić information content (AvgIpc) is 2.52. The lowest BCUT2D eigenvalue weighted by Crippen LogP contribution is -2.38. The summed E-state index contributed by atoms with van der Waals surface area (Å²) >= 11 is 0. The average molecular weight is 225 g/mol. The van der Waals surface area contributed by atoms with E-state index in [0.29, 0.717) is 11.3 Å². The van der Waals surface area contributed by atoms with E-state index in [-0.39, 0.29) is 6.10 Å². The van der Waals surface area contributed by atoms with E-state index >= 15 is 0 Å². The maximum Gasteiger partial charge on any atom is 0.0580 e. The Morgan fingerprint density at radius 1 is 1.31 bits per heavy atom. The van der Waals surface area contributed by atoms with Crippen LogP contribution < -0.4 is 0 Å². The van der Waals surface area contributed by atoms with Gasteiger partial charge >= 0.3 is 0 Å². The summed E-state index contributed by atoms with van der Waals surface area (Å²) in [4.78, 5) is 2.56. The van der Waals surface area contributed by atoms with Crippen LogP contribution in [0.2, 0.25) is 0 Å². The van der Waals surface area contributed by atoms with E-state index in [1.807, 2.05) is 0 Å². The molecule has 1 saturated heterocycles. The molecular weight excluding hydrogens is 198 g/mol. The molecule has 1 heterocycles. The fourth-order valence-corrected chi connectivity index (χ4v) is 3.39. The normalized spacial score (nSPS) is 40.1. The predicted molar refractivity (Wildman–Crippen MR) is 67.3 cm³/mol. The molecule has 2 rings (SSSR count). The van der Waals surface area contributed by atoms with Crippen molar-refractivity contribution in [2.24, 2.45) is 17.3 Å². The van der Waals surface area contributed by atoms with Crippen LogP contribution in [0.1, 0.15) is 46.5 Å². The van der Waals surface area contributed by atoms with Gasteiger partial charge < -0.3 is 10.0 Å². The lowest BCUT2D eigenvalue weighted by atomic mass is 9.80. The standard InChI is InChI=1S/C14H27NO/c1-11-4-5-13(16)12(8-11)9-15-7-6-14(2,3)10-15/h11-13,16H,4-10H2,1-3H3. The van der Waals surface area contributed by atoms with Crippen LogP contribution in [0.4, 0.5) is 0 Å². The van der Waals surface area contributed by atoms with Crippen molar-refractivity contribution in [1.29, 1.82) is 0 Å². The first kappa shape index (κ1) is 12.4. The Labute approximate surface area is 100 Å². The summed E-state index contributed by atoms with van der Waals surface area (Å²) in [7, 11) is 0. The van der Waals surface area contributed by atoms with Gasteiger partial charge in [-0.25, -0.2) is 0 Å². The van der Waals surface area contributed by atoms with Crippen molar-refractivity contribution in [2.45, 2.75) is 52.6 Å². The Balaban J connectivity index is 1.84. The molecule has 0 aromatic rings. The number of aliphatic hydroxyl groups is 1. The smallest absolute Gasteiger partial charge is 0.0580 e. The van der Waals surface area contributed by atoms with Gasteiger partial charge in [-0.2, -0.15) is 0 Å². The zero-order chi connectivity index (χ0) is 11.8. The highest BCUT2D eigenvalue weighted by Gasteiger charge is 2.33. The Morgan fingerprint density at radius 3 is 2.69 bits per heavy atom. The van der Waals surface area contributed by atoms with Crippen molar-refractivity contribution in [1.82, 2.24) is 4.90 Å². The van der Waals surface area contributed by atoms with Crippen molar-refractivity contribution in [3.8, 4) is 0 Å². The van der Waals surface area contributed by atoms with Crippen LogP contribution in [0.15, 0.2) is 0 Å². The highest BCUT2D eigenvalue weighted by atomic mass is 16.3. The third-order valence-corrected chi connectivity index (χ3v) is 4.45. The second-order valence-corrected chi connectivity index (χ2v) is 6.89. The minimum Gasteiger partial charge on any atom is -0.393 e. The number of hydrogen-bond donors (Lipinski definition) is 1. The molecule has 16 heavy (non-hydrogen) atoms. The van der Waals surface area contributed by atoms with Crippen molar-refractivity contribution in [3.63, 3.8) is 0 Å². The maximum absolute atomic E-state index is 10.1. The van der Waals surface area contributed by atoms with Gasteiger partial charge in [0.15, 0.2) is 0 Å². The quantitative estimate of drug-likeness (QED) is 0.780. The van der Waals surface area contributed by atoms with E-state index in [0.717, 1.165) is 18.9 Å². The van der Waals surface area contributed by atoms with Gasteiger partial charge in [-0.05, 0) is 49.5 Å². The van der Waals surface area contributed by atoms with Gasteiger partial charge in [0.1, 0.15) is 0 Å². The summed E-state index contributed by atoms with van der Waals surface area (Å²) in [6.45, 7) is 10.6. The first-order chi connectivity index (χ1) is 7.46. The molecule has 1 aliphatic heterocycles. The van der Waals surface area contributed by atoms with Gasteiger partial charge in [0.2, 0.25) is 0 Å². The third-order valence-electron chi connectivity index (χ3n) is 4.45. The monoisotopic (exact) mass is 225 g/mol. The fourth-order valence-electron chi connectivity index (χ4n) is 3.39. The van der Waals surface area contributed by atoms with Crippen molar-refractivity contribution in [2.75, 3.05) is 19.6 Å². The molecule has 0 aromatic heterocycles. The fraction of sp³-hybridized carbons (Fsp3) is 1.00. The molecule has 0 amide bonds. The highest BCUT2D eigenvalue weighted by Crippen LogP contribution is 2.33. The first-order valence-electron chi connectivity index (χ1n) is 6.87. The van der Waals surface area contributed by atoms with E-state index < -0.39 is 0 Å². The lowest BCUT2D eigenvalue weighted by molar-refractivity contribution is 0.0331. The number of aliphatic hydroxyl groups excluding tert-OH is 1. The summed E-state index contributed by atoms with van der Waals surface area (Å²) in [5, 5.41) is 10.1. The molecule has 2 nitrogen and oxygen atoms in total. The molecule has 3 atom stereocenters. The molecule has 1 N–H and O–H groups in total. The molecule has 0 radical (unpaired) electrons. The minimum atomic E-state index is -0.0417. The van der Waals surface area contributed by atoms with Crippen LogP contribution in [-0.2, 0) is 0 Å². The van der Waals surface area contributed by atoms with Gasteiger partial charge in [-0.3, -0.25) is 0 Å². The zero-order valence-corrected chi connectivity index (χ0v) is 11.1. The number of nitrogens with zero attached hydrogens (tertiary/aromatic N) is 1. The highest BCUT2D eigenvalue weighted by molar-refractivity contribution is 4.86. The van der Waals surface area contributed by atoms with Crippen LogP contribution >= 0.6 is 0 Å². The molecule has 3 unspecified atom stereocenters. The predicted octanol–water partition coefficient (Wildman–Crippen LogP) is 2.52. The van der Waals surface area contributed by atoms with Crippen LogP contribution in [0.5, 0.6) is 0 Å². The third kappa shape index (κ3) is 2.98. The second kappa shape index (κ2) is 4.66. The largest absolute Gasteiger partial charge is 0.393 e. The van der Waals surface area contributed by atoms with E-state index in [1.165, 1.54) is 32.4 Å². The SMILES string of the molecule is CC1CCC(O)C(CN2CCC(C)(C)C2)C1. The Kier molecular flexibility index (Phi) is 3.60. The minimum absolute atomic E-state index is 0.0417. The lowest BCUT2D eigenvalue weighted by Gasteiger charge is -2.34. The molecular formula is C14H27NO. The van der Waals surface area contributed by atoms with Crippen LogP contribution in [0.3, 0.4) is 0 Å². The van der Waals surface area contributed by atoms with Crippen molar-refractivity contribution < 1.29 is 5.11 Å². The first-order valence-corrected chi connectivity index (χ1v) is 6.87. The van der Waals surface area contributed by atoms with Gasteiger partial charge in [0.05, 0.1) is 6.10 Å². The molecule has 94 valence electrons. The topological polar surface area (TPSA) is 23.5 Å². The summed E-state index contributed by atoms with van der Waals surface area (Å²) < 4.78 is 0. The summed E-state index contributed by atoms with van der Waals surface area (Å²) in [5.74, 6) is 1.33. The zero-order valence-electron chi connectivity index (χ0n) is 11.1. The van der Waals surface area contributed by atoms with Gasteiger partial charge in [0.25, 0.3) is 0 Å². The summed E-state index contributed by atoms with van der Waals surface area (Å²) in [6.07, 6.45) is 4.72. The van der Waals surface area contributed by atoms with Crippen molar-refractivity contribution >= 4 is 0 Å².